The van der Waals surface area contributed by atoms with Gasteiger partial charge in [0.15, 0.2) is 5.82 Å². The van der Waals surface area contributed by atoms with Crippen molar-refractivity contribution >= 4 is 43.1 Å². The zero-order valence-electron chi connectivity index (χ0n) is 22.6. The molecule has 1 saturated heterocycles. The molecule has 3 aromatic heterocycles. The van der Waals surface area contributed by atoms with E-state index in [0.717, 1.165) is 4.09 Å². The van der Waals surface area contributed by atoms with Gasteiger partial charge < -0.3 is 15.5 Å². The van der Waals surface area contributed by atoms with E-state index in [0.29, 0.717) is 53.7 Å². The molecule has 0 radical (unpaired) electrons. The van der Waals surface area contributed by atoms with Crippen molar-refractivity contribution in [1.82, 2.24) is 29.0 Å². The standard InChI is InChI=1S/C25H32N8O5S2/c1-15(2)29-21-9-23(27-11-20(21)25(34)32-12-18(16(32)3)14-39(4,35)36)30-22-7-8-26-24(31-22)17-10-28-33(13-17)40(37,38)19-5-6-19/h7-11,13,15-16,18-19H,5-6,12,14H2,1-4H3,(H2,26,27,29,30,31)/t16-,18-/m1/s1. The molecule has 15 heteroatoms. The Balaban J connectivity index is 1.34. The Morgan fingerprint density at radius 1 is 1.12 bits per heavy atom. The summed E-state index contributed by atoms with van der Waals surface area (Å²) in [7, 11) is -6.63. The van der Waals surface area contributed by atoms with Crippen LogP contribution in [-0.4, -0.2) is 87.7 Å². The van der Waals surface area contributed by atoms with Crippen molar-refractivity contribution in [2.45, 2.75) is 50.9 Å². The number of nitrogens with zero attached hydrogens (tertiary/aromatic N) is 6. The molecule has 1 amide bonds. The Hall–Kier alpha value is -3.59. The lowest BCUT2D eigenvalue weighted by Crippen LogP contribution is -2.59. The maximum atomic E-state index is 13.3. The van der Waals surface area contributed by atoms with Gasteiger partial charge in [0.25, 0.3) is 15.9 Å². The molecule has 0 bridgehead atoms. The summed E-state index contributed by atoms with van der Waals surface area (Å²) in [5.74, 6) is 0.885. The normalized spacial score (nSPS) is 19.4. The number of nitrogens with one attached hydrogen (secondary N) is 2. The van der Waals surface area contributed by atoms with Crippen LogP contribution in [0.4, 0.5) is 17.3 Å². The van der Waals surface area contributed by atoms with E-state index in [4.69, 9.17) is 0 Å². The third-order valence-electron chi connectivity index (χ3n) is 6.90. The zero-order chi connectivity index (χ0) is 28.8. The maximum absolute atomic E-state index is 13.3. The Morgan fingerprint density at radius 3 is 2.52 bits per heavy atom. The van der Waals surface area contributed by atoms with Crippen LogP contribution in [-0.2, 0) is 19.9 Å². The van der Waals surface area contributed by atoms with Gasteiger partial charge in [0.1, 0.15) is 21.5 Å². The number of anilines is 3. The summed E-state index contributed by atoms with van der Waals surface area (Å²) in [5.41, 5.74) is 1.43. The highest BCUT2D eigenvalue weighted by atomic mass is 32.2. The molecule has 5 rings (SSSR count). The molecular weight excluding hydrogens is 556 g/mol. The van der Waals surface area contributed by atoms with E-state index in [1.54, 1.807) is 23.2 Å². The number of carbonyl (C=O) groups excluding carboxylic acids is 1. The Kier molecular flexibility index (Phi) is 7.29. The molecule has 2 atom stereocenters. The second-order valence-electron chi connectivity index (χ2n) is 10.7. The lowest BCUT2D eigenvalue weighted by atomic mass is 9.90. The zero-order valence-corrected chi connectivity index (χ0v) is 24.3. The number of pyridine rings is 1. The summed E-state index contributed by atoms with van der Waals surface area (Å²) < 4.78 is 49.3. The molecule has 2 fully saturated rings. The largest absolute Gasteiger partial charge is 0.382 e. The topological polar surface area (TPSA) is 169 Å². The van der Waals surface area contributed by atoms with Crippen molar-refractivity contribution in [2.24, 2.45) is 5.92 Å². The van der Waals surface area contributed by atoms with Crippen LogP contribution in [0.2, 0.25) is 0 Å². The fourth-order valence-corrected chi connectivity index (χ4v) is 7.23. The van der Waals surface area contributed by atoms with Crippen molar-refractivity contribution in [1.29, 1.82) is 0 Å². The first kappa shape index (κ1) is 28.0. The van der Waals surface area contributed by atoms with Crippen LogP contribution < -0.4 is 10.6 Å². The van der Waals surface area contributed by atoms with Crippen molar-refractivity contribution in [2.75, 3.05) is 29.2 Å². The van der Waals surface area contributed by atoms with E-state index in [1.165, 1.54) is 24.8 Å². The highest BCUT2D eigenvalue weighted by Gasteiger charge is 2.41. The molecule has 2 aliphatic rings. The number of hydrogen-bond donors (Lipinski definition) is 2. The number of sulfone groups is 1. The molecule has 214 valence electrons. The predicted octanol–water partition coefficient (Wildman–Crippen LogP) is 2.14. The minimum Gasteiger partial charge on any atom is -0.382 e. The first-order valence-electron chi connectivity index (χ1n) is 13.0. The molecule has 1 aliphatic carbocycles. The molecule has 0 aromatic carbocycles. The number of aromatic nitrogens is 5. The molecule has 3 aromatic rings. The number of rotatable bonds is 10. The number of amides is 1. The maximum Gasteiger partial charge on any atom is 0.257 e. The van der Waals surface area contributed by atoms with Crippen molar-refractivity contribution < 1.29 is 21.6 Å². The van der Waals surface area contributed by atoms with Gasteiger partial charge in [-0.25, -0.2) is 31.8 Å². The molecule has 0 spiro atoms. The summed E-state index contributed by atoms with van der Waals surface area (Å²) in [6.45, 7) is 6.14. The van der Waals surface area contributed by atoms with Gasteiger partial charge in [-0.2, -0.15) is 9.19 Å². The third-order valence-corrected chi connectivity index (χ3v) is 9.97. The van der Waals surface area contributed by atoms with E-state index in [9.17, 15) is 21.6 Å². The van der Waals surface area contributed by atoms with Gasteiger partial charge in [0.2, 0.25) is 0 Å². The van der Waals surface area contributed by atoms with Crippen LogP contribution >= 0.6 is 0 Å². The van der Waals surface area contributed by atoms with Crippen LogP contribution in [0.1, 0.15) is 44.0 Å². The SMILES string of the molecule is CC(C)Nc1cc(Nc2ccnc(-c3cnn(S(=O)(=O)C4CC4)c3)n2)ncc1C(=O)N1C[C@H](CS(C)(=O)=O)[C@H]1C. The highest BCUT2D eigenvalue weighted by Crippen LogP contribution is 2.32. The van der Waals surface area contributed by atoms with E-state index >= 15 is 0 Å². The van der Waals surface area contributed by atoms with Crippen molar-refractivity contribution in [3.63, 3.8) is 0 Å². The lowest BCUT2D eigenvalue weighted by molar-refractivity contribution is 0.0279. The van der Waals surface area contributed by atoms with Gasteiger partial charge in [-0.1, -0.05) is 0 Å². The highest BCUT2D eigenvalue weighted by molar-refractivity contribution is 7.90. The van der Waals surface area contributed by atoms with E-state index in [2.05, 4.69) is 30.7 Å². The first-order valence-corrected chi connectivity index (χ1v) is 16.5. The first-order chi connectivity index (χ1) is 18.8. The fraction of sp³-hybridized carbons (Fsp3) is 0.480. The molecule has 1 aliphatic heterocycles. The predicted molar refractivity (Wildman–Crippen MR) is 151 cm³/mol. The fourth-order valence-electron chi connectivity index (χ4n) is 4.59. The van der Waals surface area contributed by atoms with Crippen LogP contribution in [0.25, 0.3) is 11.4 Å². The van der Waals surface area contributed by atoms with Crippen LogP contribution in [0.3, 0.4) is 0 Å². The second kappa shape index (κ2) is 10.4. The summed E-state index contributed by atoms with van der Waals surface area (Å²) in [4.78, 5) is 28.2. The van der Waals surface area contributed by atoms with Gasteiger partial charge in [-0.05, 0) is 39.7 Å². The lowest BCUT2D eigenvalue weighted by Gasteiger charge is -2.46. The van der Waals surface area contributed by atoms with E-state index in [1.807, 2.05) is 20.8 Å². The smallest absolute Gasteiger partial charge is 0.257 e. The Bertz CT molecular complexity index is 1650. The van der Waals surface area contributed by atoms with Gasteiger partial charge in [0.05, 0.1) is 40.2 Å². The summed E-state index contributed by atoms with van der Waals surface area (Å²) in [5, 5.41) is 10.0. The average Bonchev–Trinajstić information content (AvgIpc) is 3.62. The van der Waals surface area contributed by atoms with Crippen molar-refractivity contribution in [3.05, 3.63) is 42.5 Å². The summed E-state index contributed by atoms with van der Waals surface area (Å²) >= 11 is 0. The molecule has 13 nitrogen and oxygen atoms in total. The Morgan fingerprint density at radius 2 is 1.88 bits per heavy atom. The summed E-state index contributed by atoms with van der Waals surface area (Å²) in [6.07, 6.45) is 8.34. The molecule has 40 heavy (non-hydrogen) atoms. The third kappa shape index (κ3) is 5.94. The molecule has 2 N–H and O–H groups in total. The molecule has 0 unspecified atom stereocenters. The van der Waals surface area contributed by atoms with Crippen LogP contribution in [0, 0.1) is 5.92 Å². The minimum atomic E-state index is -3.50. The molecule has 1 saturated carbocycles. The van der Waals surface area contributed by atoms with Crippen LogP contribution in [0.15, 0.2) is 36.9 Å². The van der Waals surface area contributed by atoms with Gasteiger partial charge in [-0.15, -0.1) is 0 Å². The quantitative estimate of drug-likeness (QED) is 0.356. The number of hydrogen-bond acceptors (Lipinski definition) is 11. The second-order valence-corrected chi connectivity index (χ2v) is 15.0. The number of carbonyl (C=O) groups is 1. The average molecular weight is 589 g/mol. The summed E-state index contributed by atoms with van der Waals surface area (Å²) in [6, 6.07) is 3.19. The van der Waals surface area contributed by atoms with Gasteiger partial charge >= 0.3 is 0 Å². The van der Waals surface area contributed by atoms with Gasteiger partial charge in [0, 0.05) is 49.3 Å². The van der Waals surface area contributed by atoms with E-state index < -0.39 is 19.9 Å². The molecular formula is C25H32N8O5S2. The minimum absolute atomic E-state index is 0.0303. The molecule has 4 heterocycles. The van der Waals surface area contributed by atoms with Crippen molar-refractivity contribution in [3.8, 4) is 11.4 Å². The Labute approximate surface area is 233 Å². The van der Waals surface area contributed by atoms with E-state index in [-0.39, 0.29) is 34.9 Å². The van der Waals surface area contributed by atoms with Gasteiger partial charge in [-0.3, -0.25) is 4.79 Å². The monoisotopic (exact) mass is 588 g/mol. The van der Waals surface area contributed by atoms with Crippen LogP contribution in [0.5, 0.6) is 0 Å². The number of likely N-dealkylation sites (tertiary alicyclic amines) is 1.